The zero-order chi connectivity index (χ0) is 20.2. The van der Waals surface area contributed by atoms with Gasteiger partial charge in [-0.15, -0.1) is 0 Å². The average molecular weight is 427 g/mol. The van der Waals surface area contributed by atoms with E-state index in [-0.39, 0.29) is 11.2 Å². The first kappa shape index (κ1) is 19.5. The molecule has 0 N–H and O–H groups in total. The van der Waals surface area contributed by atoms with Gasteiger partial charge in [0, 0.05) is 5.75 Å². The summed E-state index contributed by atoms with van der Waals surface area (Å²) in [6.45, 7) is 0.356. The van der Waals surface area contributed by atoms with Crippen molar-refractivity contribution in [3.05, 3.63) is 94.0 Å². The summed E-state index contributed by atoms with van der Waals surface area (Å²) in [7, 11) is 0. The Hall–Kier alpha value is -2.83. The second-order valence-electron chi connectivity index (χ2n) is 6.13. The number of halogens is 2. The van der Waals surface area contributed by atoms with Gasteiger partial charge in [0.05, 0.1) is 28.2 Å². The average Bonchev–Trinajstić information content (AvgIpc) is 2.73. The summed E-state index contributed by atoms with van der Waals surface area (Å²) >= 11 is 7.42. The maximum Gasteiger partial charge on any atom is 0.266 e. The van der Waals surface area contributed by atoms with Gasteiger partial charge < -0.3 is 4.74 Å². The predicted molar refractivity (Wildman–Crippen MR) is 115 cm³/mol. The Morgan fingerprint density at radius 2 is 1.72 bits per heavy atom. The molecule has 4 rings (SSSR count). The highest BCUT2D eigenvalue weighted by molar-refractivity contribution is 7.99. The van der Waals surface area contributed by atoms with Crippen LogP contribution in [0.15, 0.2) is 82.7 Å². The summed E-state index contributed by atoms with van der Waals surface area (Å²) < 4.78 is 21.5. The van der Waals surface area contributed by atoms with Gasteiger partial charge in [0.1, 0.15) is 11.6 Å². The quantitative estimate of drug-likeness (QED) is 0.237. The standard InChI is InChI=1S/C22H16ClFN2O2S/c23-16-8-2-6-12-20(16)28-13-14-29-22-25-18-10-4-1-7-15(18)21(27)26(22)19-11-5-3-9-17(19)24/h1-12H,13-14H2. The molecule has 0 amide bonds. The number of fused-ring (bicyclic) bond motifs is 1. The molecule has 29 heavy (non-hydrogen) atoms. The second-order valence-corrected chi connectivity index (χ2v) is 7.60. The number of benzene rings is 3. The molecule has 0 aliphatic heterocycles. The fourth-order valence-corrected chi connectivity index (χ4v) is 3.91. The number of thioether (sulfide) groups is 1. The van der Waals surface area contributed by atoms with Crippen LogP contribution in [0.25, 0.3) is 16.6 Å². The van der Waals surface area contributed by atoms with Crippen molar-refractivity contribution < 1.29 is 9.13 Å². The summed E-state index contributed by atoms with van der Waals surface area (Å²) in [4.78, 5) is 17.7. The molecule has 0 aliphatic carbocycles. The molecule has 0 radical (unpaired) electrons. The van der Waals surface area contributed by atoms with Crippen LogP contribution in [-0.4, -0.2) is 21.9 Å². The van der Waals surface area contributed by atoms with Crippen LogP contribution in [0.4, 0.5) is 4.39 Å². The monoisotopic (exact) mass is 426 g/mol. The highest BCUT2D eigenvalue weighted by atomic mass is 35.5. The number of nitrogens with zero attached hydrogens (tertiary/aromatic N) is 2. The minimum Gasteiger partial charge on any atom is -0.491 e. The van der Waals surface area contributed by atoms with Crippen LogP contribution < -0.4 is 10.3 Å². The zero-order valence-electron chi connectivity index (χ0n) is 15.2. The Kier molecular flexibility index (Phi) is 5.83. The smallest absolute Gasteiger partial charge is 0.266 e. The van der Waals surface area contributed by atoms with E-state index in [1.165, 1.54) is 22.4 Å². The molecular formula is C22H16ClFN2O2S. The molecule has 146 valence electrons. The lowest BCUT2D eigenvalue weighted by atomic mass is 10.2. The van der Waals surface area contributed by atoms with Crippen molar-refractivity contribution in [2.24, 2.45) is 0 Å². The van der Waals surface area contributed by atoms with Crippen molar-refractivity contribution in [1.82, 2.24) is 9.55 Å². The number of rotatable bonds is 6. The first-order valence-corrected chi connectivity index (χ1v) is 10.3. The van der Waals surface area contributed by atoms with Crippen LogP contribution in [0.3, 0.4) is 0 Å². The van der Waals surface area contributed by atoms with Crippen molar-refractivity contribution in [1.29, 1.82) is 0 Å². The number of aromatic nitrogens is 2. The van der Waals surface area contributed by atoms with Gasteiger partial charge in [-0.1, -0.05) is 59.8 Å². The molecule has 0 atom stereocenters. The fourth-order valence-electron chi connectivity index (χ4n) is 2.90. The van der Waals surface area contributed by atoms with E-state index in [1.54, 1.807) is 48.5 Å². The van der Waals surface area contributed by atoms with Crippen LogP contribution in [0.2, 0.25) is 5.02 Å². The van der Waals surface area contributed by atoms with E-state index in [1.807, 2.05) is 18.2 Å². The van der Waals surface area contributed by atoms with Crippen LogP contribution >= 0.6 is 23.4 Å². The van der Waals surface area contributed by atoms with Crippen molar-refractivity contribution in [3.63, 3.8) is 0 Å². The first-order valence-electron chi connectivity index (χ1n) is 8.92. The molecule has 0 fully saturated rings. The molecule has 4 aromatic rings. The minimum absolute atomic E-state index is 0.172. The third-order valence-corrected chi connectivity index (χ3v) is 5.46. The van der Waals surface area contributed by atoms with E-state index >= 15 is 0 Å². The summed E-state index contributed by atoms with van der Waals surface area (Å²) in [5.41, 5.74) is 0.431. The van der Waals surface area contributed by atoms with Crippen molar-refractivity contribution in [3.8, 4) is 11.4 Å². The van der Waals surface area contributed by atoms with Crippen LogP contribution in [-0.2, 0) is 0 Å². The van der Waals surface area contributed by atoms with Crippen molar-refractivity contribution >= 4 is 34.3 Å². The third kappa shape index (κ3) is 4.13. The number of hydrogen-bond acceptors (Lipinski definition) is 4. The van der Waals surface area contributed by atoms with E-state index in [9.17, 15) is 9.18 Å². The topological polar surface area (TPSA) is 44.1 Å². The zero-order valence-corrected chi connectivity index (χ0v) is 16.8. The highest BCUT2D eigenvalue weighted by Crippen LogP contribution is 2.25. The lowest BCUT2D eigenvalue weighted by molar-refractivity contribution is 0.344. The lowest BCUT2D eigenvalue weighted by Crippen LogP contribution is -2.23. The Morgan fingerprint density at radius 3 is 2.55 bits per heavy atom. The predicted octanol–water partition coefficient (Wildman–Crippen LogP) is 5.35. The molecule has 7 heteroatoms. The molecule has 1 heterocycles. The first-order chi connectivity index (χ1) is 14.1. The Labute approximate surface area is 175 Å². The van der Waals surface area contributed by atoms with E-state index in [4.69, 9.17) is 16.3 Å². The van der Waals surface area contributed by atoms with E-state index in [0.717, 1.165) is 0 Å². The van der Waals surface area contributed by atoms with Gasteiger partial charge in [-0.3, -0.25) is 9.36 Å². The van der Waals surface area contributed by atoms with Gasteiger partial charge in [-0.2, -0.15) is 0 Å². The van der Waals surface area contributed by atoms with Gasteiger partial charge in [-0.25, -0.2) is 9.37 Å². The van der Waals surface area contributed by atoms with Gasteiger partial charge in [0.15, 0.2) is 5.16 Å². The molecule has 0 saturated heterocycles. The maximum atomic E-state index is 14.5. The van der Waals surface area contributed by atoms with Gasteiger partial charge in [0.25, 0.3) is 5.56 Å². The van der Waals surface area contributed by atoms with Crippen LogP contribution in [0, 0.1) is 5.82 Å². The van der Waals surface area contributed by atoms with E-state index in [0.29, 0.717) is 39.2 Å². The number of hydrogen-bond donors (Lipinski definition) is 0. The molecule has 1 aromatic heterocycles. The third-order valence-electron chi connectivity index (χ3n) is 4.25. The van der Waals surface area contributed by atoms with Crippen molar-refractivity contribution in [2.75, 3.05) is 12.4 Å². The molecule has 4 nitrogen and oxygen atoms in total. The second kappa shape index (κ2) is 8.68. The summed E-state index contributed by atoms with van der Waals surface area (Å²) in [6, 6.07) is 20.4. The SMILES string of the molecule is O=c1c2ccccc2nc(SCCOc2ccccc2Cl)n1-c1ccccc1F. The molecule has 0 aliphatic rings. The van der Waals surface area contributed by atoms with Gasteiger partial charge in [0.2, 0.25) is 0 Å². The van der Waals surface area contributed by atoms with Gasteiger partial charge in [-0.05, 0) is 36.4 Å². The Bertz CT molecular complexity index is 1230. The summed E-state index contributed by atoms with van der Waals surface area (Å²) in [6.07, 6.45) is 0. The molecule has 0 bridgehead atoms. The highest BCUT2D eigenvalue weighted by Gasteiger charge is 2.15. The Balaban J connectivity index is 1.66. The Morgan fingerprint density at radius 1 is 1.00 bits per heavy atom. The summed E-state index contributed by atoms with van der Waals surface area (Å²) in [5, 5.41) is 1.37. The normalized spacial score (nSPS) is 11.0. The molecule has 0 spiro atoms. The van der Waals surface area contributed by atoms with Crippen molar-refractivity contribution in [2.45, 2.75) is 5.16 Å². The largest absolute Gasteiger partial charge is 0.491 e. The number of para-hydroxylation sites is 3. The van der Waals surface area contributed by atoms with E-state index in [2.05, 4.69) is 4.98 Å². The maximum absolute atomic E-state index is 14.5. The number of ether oxygens (including phenoxy) is 1. The van der Waals surface area contributed by atoms with E-state index < -0.39 is 5.82 Å². The summed E-state index contributed by atoms with van der Waals surface area (Å²) in [5.74, 6) is 0.610. The van der Waals surface area contributed by atoms with Gasteiger partial charge >= 0.3 is 0 Å². The molecule has 3 aromatic carbocycles. The lowest BCUT2D eigenvalue weighted by Gasteiger charge is -2.14. The molecular weight excluding hydrogens is 411 g/mol. The molecule has 0 saturated carbocycles. The fraction of sp³-hybridized carbons (Fsp3) is 0.0909. The minimum atomic E-state index is -0.485. The van der Waals surface area contributed by atoms with Crippen LogP contribution in [0.1, 0.15) is 0 Å². The molecule has 0 unspecified atom stereocenters. The van der Waals surface area contributed by atoms with Crippen LogP contribution in [0.5, 0.6) is 5.75 Å².